The standard InChI is InChI=1S/C13H16ClNO3/c14-13(17)18-12(11-4-2-1-3-5-11)15-7-6-10(8-15)9-16/h1-5,10,12,16H,6-9H2. The van der Waals surface area contributed by atoms with Crippen LogP contribution < -0.4 is 0 Å². The van der Waals surface area contributed by atoms with Gasteiger partial charge in [-0.25, -0.2) is 4.79 Å². The molecule has 1 heterocycles. The molecule has 0 amide bonds. The van der Waals surface area contributed by atoms with Crippen LogP contribution in [0.2, 0.25) is 0 Å². The molecule has 2 atom stereocenters. The van der Waals surface area contributed by atoms with Gasteiger partial charge in [0.1, 0.15) is 0 Å². The number of carbonyl (C=O) groups excluding carboxylic acids is 1. The molecule has 1 aliphatic rings. The van der Waals surface area contributed by atoms with E-state index in [4.69, 9.17) is 21.4 Å². The molecule has 5 heteroatoms. The van der Waals surface area contributed by atoms with Crippen molar-refractivity contribution in [2.75, 3.05) is 19.7 Å². The largest absolute Gasteiger partial charge is 0.430 e. The molecule has 1 saturated heterocycles. The van der Waals surface area contributed by atoms with Crippen molar-refractivity contribution in [2.24, 2.45) is 5.92 Å². The highest BCUT2D eigenvalue weighted by Gasteiger charge is 2.30. The van der Waals surface area contributed by atoms with E-state index in [0.717, 1.165) is 18.5 Å². The number of likely N-dealkylation sites (tertiary alicyclic amines) is 1. The zero-order valence-electron chi connectivity index (χ0n) is 9.96. The predicted octanol–water partition coefficient (Wildman–Crippen LogP) is 2.37. The van der Waals surface area contributed by atoms with E-state index in [-0.39, 0.29) is 12.5 Å². The van der Waals surface area contributed by atoms with E-state index in [9.17, 15) is 4.79 Å². The van der Waals surface area contributed by atoms with Gasteiger partial charge in [0.25, 0.3) is 0 Å². The lowest BCUT2D eigenvalue weighted by molar-refractivity contribution is 0.00641. The number of hydrogen-bond acceptors (Lipinski definition) is 4. The molecular formula is C13H16ClNO3. The number of rotatable bonds is 4. The normalized spacial score (nSPS) is 21.8. The van der Waals surface area contributed by atoms with E-state index < -0.39 is 11.7 Å². The van der Waals surface area contributed by atoms with Crippen LogP contribution in [0.15, 0.2) is 30.3 Å². The van der Waals surface area contributed by atoms with Gasteiger partial charge in [0, 0.05) is 36.9 Å². The zero-order valence-corrected chi connectivity index (χ0v) is 10.7. The third-order valence-electron chi connectivity index (χ3n) is 3.20. The molecule has 0 radical (unpaired) electrons. The van der Waals surface area contributed by atoms with Gasteiger partial charge in [-0.15, -0.1) is 0 Å². The summed E-state index contributed by atoms with van der Waals surface area (Å²) < 4.78 is 5.18. The van der Waals surface area contributed by atoms with Crippen LogP contribution in [0.5, 0.6) is 0 Å². The van der Waals surface area contributed by atoms with Gasteiger partial charge in [-0.1, -0.05) is 30.3 Å². The summed E-state index contributed by atoms with van der Waals surface area (Å²) in [5, 5.41) is 9.16. The van der Waals surface area contributed by atoms with Crippen molar-refractivity contribution >= 4 is 17.0 Å². The Morgan fingerprint density at radius 1 is 1.50 bits per heavy atom. The van der Waals surface area contributed by atoms with E-state index >= 15 is 0 Å². The van der Waals surface area contributed by atoms with Crippen LogP contribution in [0, 0.1) is 5.92 Å². The quantitative estimate of drug-likeness (QED) is 0.853. The van der Waals surface area contributed by atoms with Crippen LogP contribution in [0.4, 0.5) is 4.79 Å². The molecule has 98 valence electrons. The van der Waals surface area contributed by atoms with E-state index in [0.29, 0.717) is 6.54 Å². The van der Waals surface area contributed by atoms with E-state index in [1.165, 1.54) is 0 Å². The second-order valence-corrected chi connectivity index (χ2v) is 4.76. The van der Waals surface area contributed by atoms with Crippen molar-refractivity contribution < 1.29 is 14.6 Å². The molecule has 18 heavy (non-hydrogen) atoms. The fourth-order valence-electron chi connectivity index (χ4n) is 2.28. The Morgan fingerprint density at radius 3 is 2.78 bits per heavy atom. The number of nitrogens with zero attached hydrogens (tertiary/aromatic N) is 1. The number of hydrogen-bond donors (Lipinski definition) is 1. The van der Waals surface area contributed by atoms with Crippen molar-refractivity contribution in [3.05, 3.63) is 35.9 Å². The van der Waals surface area contributed by atoms with Crippen molar-refractivity contribution in [1.29, 1.82) is 0 Å². The molecular weight excluding hydrogens is 254 g/mol. The molecule has 1 aromatic carbocycles. The molecule has 0 bridgehead atoms. The highest BCUT2D eigenvalue weighted by Crippen LogP contribution is 2.29. The number of benzene rings is 1. The van der Waals surface area contributed by atoms with Crippen LogP contribution in [0.3, 0.4) is 0 Å². The average molecular weight is 270 g/mol. The number of ether oxygens (including phenoxy) is 1. The predicted molar refractivity (Wildman–Crippen MR) is 68.3 cm³/mol. The van der Waals surface area contributed by atoms with Crippen molar-refractivity contribution in [3.63, 3.8) is 0 Å². The third kappa shape index (κ3) is 3.22. The lowest BCUT2D eigenvalue weighted by atomic mass is 10.1. The SMILES string of the molecule is O=C(Cl)OC(c1ccccc1)N1CCC(CO)C1. The molecule has 1 N–H and O–H groups in total. The summed E-state index contributed by atoms with van der Waals surface area (Å²) in [6, 6.07) is 9.49. The van der Waals surface area contributed by atoms with Gasteiger partial charge in [0.15, 0.2) is 6.23 Å². The number of halogens is 1. The Hall–Kier alpha value is -1.10. The smallest absolute Gasteiger partial charge is 0.405 e. The summed E-state index contributed by atoms with van der Waals surface area (Å²) in [5.74, 6) is 0.241. The molecule has 1 aromatic rings. The van der Waals surface area contributed by atoms with Crippen molar-refractivity contribution in [2.45, 2.75) is 12.6 Å². The number of carbonyl (C=O) groups is 1. The highest BCUT2D eigenvalue weighted by molar-refractivity contribution is 6.61. The lowest BCUT2D eigenvalue weighted by Gasteiger charge is -2.26. The Kier molecular flexibility index (Phi) is 4.58. The Labute approximate surface area is 111 Å². The molecule has 0 spiro atoms. The van der Waals surface area contributed by atoms with E-state index in [1.807, 2.05) is 35.2 Å². The van der Waals surface area contributed by atoms with E-state index in [2.05, 4.69) is 0 Å². The van der Waals surface area contributed by atoms with Crippen molar-refractivity contribution in [3.8, 4) is 0 Å². The van der Waals surface area contributed by atoms with Crippen LogP contribution in [0.1, 0.15) is 18.2 Å². The van der Waals surface area contributed by atoms with Crippen LogP contribution in [0.25, 0.3) is 0 Å². The first-order valence-corrected chi connectivity index (χ1v) is 6.34. The van der Waals surface area contributed by atoms with Crippen molar-refractivity contribution in [1.82, 2.24) is 4.90 Å². The summed E-state index contributed by atoms with van der Waals surface area (Å²) in [4.78, 5) is 13.0. The Bertz CT molecular complexity index is 398. The summed E-state index contributed by atoms with van der Waals surface area (Å²) in [6.45, 7) is 1.65. The Morgan fingerprint density at radius 2 is 2.22 bits per heavy atom. The summed E-state index contributed by atoms with van der Waals surface area (Å²) in [5.41, 5.74) is 0.0846. The summed E-state index contributed by atoms with van der Waals surface area (Å²) in [6.07, 6.45) is 0.437. The second kappa shape index (κ2) is 6.18. The molecule has 0 aliphatic carbocycles. The van der Waals surface area contributed by atoms with E-state index in [1.54, 1.807) is 0 Å². The first kappa shape index (κ1) is 13.3. The number of aliphatic hydroxyl groups excluding tert-OH is 1. The Balaban J connectivity index is 2.13. The molecule has 1 aliphatic heterocycles. The van der Waals surface area contributed by atoms with Gasteiger partial charge in [-0.2, -0.15) is 0 Å². The second-order valence-electron chi connectivity index (χ2n) is 4.45. The van der Waals surface area contributed by atoms with Gasteiger partial charge in [0.2, 0.25) is 0 Å². The molecule has 1 fully saturated rings. The molecule has 2 unspecified atom stereocenters. The molecule has 4 nitrogen and oxygen atoms in total. The minimum atomic E-state index is -0.809. The monoisotopic (exact) mass is 269 g/mol. The summed E-state index contributed by atoms with van der Waals surface area (Å²) >= 11 is 5.33. The minimum Gasteiger partial charge on any atom is -0.430 e. The van der Waals surface area contributed by atoms with Crippen LogP contribution >= 0.6 is 11.6 Å². The van der Waals surface area contributed by atoms with Crippen LogP contribution in [-0.4, -0.2) is 35.1 Å². The van der Waals surface area contributed by atoms with Gasteiger partial charge < -0.3 is 9.84 Å². The van der Waals surface area contributed by atoms with Crippen LogP contribution in [-0.2, 0) is 4.74 Å². The molecule has 0 saturated carbocycles. The van der Waals surface area contributed by atoms with Gasteiger partial charge >= 0.3 is 5.43 Å². The summed E-state index contributed by atoms with van der Waals surface area (Å²) in [7, 11) is 0. The topological polar surface area (TPSA) is 49.8 Å². The fourth-order valence-corrected chi connectivity index (χ4v) is 2.37. The average Bonchev–Trinajstić information content (AvgIpc) is 2.85. The first-order valence-electron chi connectivity index (χ1n) is 5.96. The van der Waals surface area contributed by atoms with Gasteiger partial charge in [0.05, 0.1) is 0 Å². The van der Waals surface area contributed by atoms with Gasteiger partial charge in [-0.3, -0.25) is 4.90 Å². The lowest BCUT2D eigenvalue weighted by Crippen LogP contribution is -2.29. The molecule has 0 aromatic heterocycles. The number of aliphatic hydroxyl groups is 1. The zero-order chi connectivity index (χ0) is 13.0. The first-order chi connectivity index (χ1) is 8.70. The maximum atomic E-state index is 11.0. The highest BCUT2D eigenvalue weighted by atomic mass is 35.5. The van der Waals surface area contributed by atoms with Gasteiger partial charge in [-0.05, 0) is 12.3 Å². The molecule has 2 rings (SSSR count). The minimum absolute atomic E-state index is 0.160. The third-order valence-corrected chi connectivity index (χ3v) is 3.29. The maximum absolute atomic E-state index is 11.0. The fraction of sp³-hybridized carbons (Fsp3) is 0.462. The maximum Gasteiger partial charge on any atom is 0.405 e.